The predicted molar refractivity (Wildman–Crippen MR) is 86.4 cm³/mol. The van der Waals surface area contributed by atoms with Crippen LogP contribution >= 0.6 is 15.9 Å². The third kappa shape index (κ3) is 4.61. The van der Waals surface area contributed by atoms with E-state index in [1.54, 1.807) is 0 Å². The van der Waals surface area contributed by atoms with E-state index in [9.17, 15) is 0 Å². The van der Waals surface area contributed by atoms with Crippen molar-refractivity contribution < 1.29 is 0 Å². The molecule has 0 heterocycles. The van der Waals surface area contributed by atoms with E-state index in [1.807, 2.05) is 0 Å². The van der Waals surface area contributed by atoms with Gasteiger partial charge in [-0.2, -0.15) is 0 Å². The molecule has 0 aromatic heterocycles. The average Bonchev–Trinajstić information content (AvgIpc) is 3.13. The van der Waals surface area contributed by atoms with Crippen LogP contribution in [0.1, 0.15) is 46.1 Å². The maximum atomic E-state index is 3.71. The maximum Gasteiger partial charge on any atom is 0.0175 e. The predicted octanol–water partition coefficient (Wildman–Crippen LogP) is 4.80. The molecule has 1 fully saturated rings. The van der Waals surface area contributed by atoms with Gasteiger partial charge in [-0.3, -0.25) is 0 Å². The highest BCUT2D eigenvalue weighted by atomic mass is 79.9. The zero-order chi connectivity index (χ0) is 14.1. The first-order chi connectivity index (χ1) is 8.78. The molecule has 1 saturated carbocycles. The van der Waals surface area contributed by atoms with Crippen LogP contribution in [0.3, 0.4) is 0 Å². The van der Waals surface area contributed by atoms with Crippen molar-refractivity contribution in [3.63, 3.8) is 0 Å². The minimum atomic E-state index is 0.204. The topological polar surface area (TPSA) is 12.0 Å². The summed E-state index contributed by atoms with van der Waals surface area (Å²) in [5.41, 5.74) is 2.05. The van der Waals surface area contributed by atoms with E-state index >= 15 is 0 Å². The Morgan fingerprint density at radius 1 is 1.11 bits per heavy atom. The van der Waals surface area contributed by atoms with Crippen molar-refractivity contribution in [1.29, 1.82) is 0 Å². The van der Waals surface area contributed by atoms with Crippen molar-refractivity contribution in [3.8, 4) is 0 Å². The molecule has 1 aromatic rings. The van der Waals surface area contributed by atoms with Crippen LogP contribution < -0.4 is 5.32 Å². The number of hydrogen-bond acceptors (Lipinski definition) is 1. The van der Waals surface area contributed by atoms with Crippen LogP contribution in [0.15, 0.2) is 28.7 Å². The Morgan fingerprint density at radius 3 is 2.16 bits per heavy atom. The van der Waals surface area contributed by atoms with Gasteiger partial charge < -0.3 is 5.32 Å². The summed E-state index contributed by atoms with van der Waals surface area (Å²) in [7, 11) is 0. The van der Waals surface area contributed by atoms with E-state index in [0.29, 0.717) is 5.41 Å². The van der Waals surface area contributed by atoms with Gasteiger partial charge in [0.25, 0.3) is 0 Å². The molecule has 19 heavy (non-hydrogen) atoms. The molecule has 1 atom stereocenters. The molecule has 1 N–H and O–H groups in total. The van der Waals surface area contributed by atoms with Gasteiger partial charge >= 0.3 is 0 Å². The summed E-state index contributed by atoms with van der Waals surface area (Å²) >= 11 is 3.51. The molecule has 1 aromatic carbocycles. The number of halogens is 1. The van der Waals surface area contributed by atoms with Gasteiger partial charge in [0.05, 0.1) is 0 Å². The van der Waals surface area contributed by atoms with Crippen LogP contribution in [0.5, 0.6) is 0 Å². The second-order valence-corrected chi connectivity index (χ2v) is 8.25. The largest absolute Gasteiger partial charge is 0.312 e. The van der Waals surface area contributed by atoms with E-state index in [4.69, 9.17) is 0 Å². The Kier molecular flexibility index (Phi) is 4.42. The van der Waals surface area contributed by atoms with E-state index in [2.05, 4.69) is 73.2 Å². The zero-order valence-corrected chi connectivity index (χ0v) is 14.2. The molecule has 0 bridgehead atoms. The fraction of sp³-hybridized carbons (Fsp3) is 0.647. The third-order valence-electron chi connectivity index (χ3n) is 4.11. The van der Waals surface area contributed by atoms with Crippen LogP contribution in [0.2, 0.25) is 0 Å². The van der Waals surface area contributed by atoms with E-state index in [0.717, 1.165) is 16.9 Å². The lowest BCUT2D eigenvalue weighted by Gasteiger charge is -2.34. The lowest BCUT2D eigenvalue weighted by molar-refractivity contribution is 0.227. The normalized spacial score (nSPS) is 19.2. The lowest BCUT2D eigenvalue weighted by atomic mass is 9.78. The van der Waals surface area contributed by atoms with Crippen LogP contribution in [-0.2, 0) is 6.42 Å². The van der Waals surface area contributed by atoms with Crippen LogP contribution in [0.4, 0.5) is 0 Å². The van der Waals surface area contributed by atoms with Crippen molar-refractivity contribution in [1.82, 2.24) is 5.32 Å². The van der Waals surface area contributed by atoms with Crippen molar-refractivity contribution in [2.75, 3.05) is 6.54 Å². The molecule has 0 saturated heterocycles. The third-order valence-corrected chi connectivity index (χ3v) is 4.64. The molecule has 0 radical (unpaired) electrons. The lowest BCUT2D eigenvalue weighted by Crippen LogP contribution is -2.44. The summed E-state index contributed by atoms with van der Waals surface area (Å²) in [6.07, 6.45) is 3.98. The molecule has 0 spiro atoms. The van der Waals surface area contributed by atoms with Gasteiger partial charge in [-0.25, -0.2) is 0 Å². The number of hydrogen-bond donors (Lipinski definition) is 1. The molecule has 0 amide bonds. The molecule has 106 valence electrons. The zero-order valence-electron chi connectivity index (χ0n) is 12.6. The van der Waals surface area contributed by atoms with Crippen LogP contribution in [0, 0.1) is 11.3 Å². The molecule has 1 nitrogen and oxygen atoms in total. The summed E-state index contributed by atoms with van der Waals surface area (Å²) in [5, 5.41) is 3.71. The van der Waals surface area contributed by atoms with Gasteiger partial charge in [0.2, 0.25) is 0 Å². The van der Waals surface area contributed by atoms with Crippen molar-refractivity contribution in [3.05, 3.63) is 34.3 Å². The molecule has 1 aliphatic rings. The molecular weight excluding hydrogens is 298 g/mol. The minimum absolute atomic E-state index is 0.204. The second-order valence-electron chi connectivity index (χ2n) is 7.34. The Balaban J connectivity index is 2.04. The van der Waals surface area contributed by atoms with Gasteiger partial charge in [-0.15, -0.1) is 0 Å². The molecular formula is C17H26BrN. The van der Waals surface area contributed by atoms with Crippen LogP contribution in [0.25, 0.3) is 0 Å². The molecule has 0 aliphatic heterocycles. The summed E-state index contributed by atoms with van der Waals surface area (Å²) < 4.78 is 1.16. The average molecular weight is 324 g/mol. The first kappa shape index (κ1) is 15.1. The highest BCUT2D eigenvalue weighted by Gasteiger charge is 2.41. The summed E-state index contributed by atoms with van der Waals surface area (Å²) in [5.74, 6) is 0.894. The standard InChI is InChI=1S/C17H26BrN/c1-16(2,3)19-12-17(4,14-7-8-14)11-13-5-9-15(18)10-6-13/h5-6,9-10,14,19H,7-8,11-12H2,1-4H3. The summed E-state index contributed by atoms with van der Waals surface area (Å²) in [6, 6.07) is 8.81. The molecule has 1 unspecified atom stereocenters. The number of rotatable bonds is 5. The fourth-order valence-corrected chi connectivity index (χ4v) is 2.93. The van der Waals surface area contributed by atoms with Crippen LogP contribution in [-0.4, -0.2) is 12.1 Å². The first-order valence-corrected chi connectivity index (χ1v) is 8.07. The number of nitrogens with one attached hydrogen (secondary N) is 1. The highest BCUT2D eigenvalue weighted by Crippen LogP contribution is 2.47. The molecule has 2 heteroatoms. The number of benzene rings is 1. The fourth-order valence-electron chi connectivity index (χ4n) is 2.67. The minimum Gasteiger partial charge on any atom is -0.312 e. The maximum absolute atomic E-state index is 3.71. The monoisotopic (exact) mass is 323 g/mol. The van der Waals surface area contributed by atoms with Gasteiger partial charge in [0.1, 0.15) is 0 Å². The molecule has 1 aliphatic carbocycles. The molecule has 2 rings (SSSR count). The SMILES string of the molecule is CC(C)(C)NCC(C)(Cc1ccc(Br)cc1)C1CC1. The Hall–Kier alpha value is -0.340. The van der Waals surface area contributed by atoms with E-state index < -0.39 is 0 Å². The quantitative estimate of drug-likeness (QED) is 0.821. The van der Waals surface area contributed by atoms with Gasteiger partial charge in [-0.05, 0) is 69.1 Å². The Bertz CT molecular complexity index is 414. The first-order valence-electron chi connectivity index (χ1n) is 7.28. The van der Waals surface area contributed by atoms with Crippen molar-refractivity contribution >= 4 is 15.9 Å². The van der Waals surface area contributed by atoms with Gasteiger partial charge in [0.15, 0.2) is 0 Å². The Morgan fingerprint density at radius 2 is 1.68 bits per heavy atom. The van der Waals surface area contributed by atoms with Gasteiger partial charge in [-0.1, -0.05) is 35.0 Å². The van der Waals surface area contributed by atoms with Crippen molar-refractivity contribution in [2.24, 2.45) is 11.3 Å². The smallest absolute Gasteiger partial charge is 0.0175 e. The second kappa shape index (κ2) is 5.57. The van der Waals surface area contributed by atoms with Gasteiger partial charge in [0, 0.05) is 16.6 Å². The van der Waals surface area contributed by atoms with Crippen molar-refractivity contribution in [2.45, 2.75) is 52.5 Å². The van der Waals surface area contributed by atoms with E-state index in [-0.39, 0.29) is 5.54 Å². The Labute approximate surface area is 126 Å². The highest BCUT2D eigenvalue weighted by molar-refractivity contribution is 9.10. The summed E-state index contributed by atoms with van der Waals surface area (Å²) in [4.78, 5) is 0. The summed E-state index contributed by atoms with van der Waals surface area (Å²) in [6.45, 7) is 10.3. The van der Waals surface area contributed by atoms with E-state index in [1.165, 1.54) is 24.8 Å².